The Morgan fingerprint density at radius 3 is 2.64 bits per heavy atom. The first-order chi connectivity index (χ1) is 10.3. The van der Waals surface area contributed by atoms with Crippen molar-refractivity contribution in [1.29, 1.82) is 0 Å². The van der Waals surface area contributed by atoms with E-state index in [9.17, 15) is 13.2 Å². The van der Waals surface area contributed by atoms with Crippen molar-refractivity contribution >= 4 is 16.9 Å². The zero-order valence-corrected chi connectivity index (χ0v) is 12.6. The van der Waals surface area contributed by atoms with E-state index in [4.69, 9.17) is 0 Å². The van der Waals surface area contributed by atoms with Gasteiger partial charge in [0.2, 0.25) is 5.82 Å². The van der Waals surface area contributed by atoms with Crippen molar-refractivity contribution in [3.8, 4) is 0 Å². The fourth-order valence-electron chi connectivity index (χ4n) is 3.08. The monoisotopic (exact) mass is 312 g/mol. The van der Waals surface area contributed by atoms with Gasteiger partial charge in [-0.05, 0) is 31.7 Å². The molecule has 0 amide bonds. The zero-order valence-electron chi connectivity index (χ0n) is 12.6. The number of nitrogens with zero attached hydrogens (tertiary/aromatic N) is 2. The van der Waals surface area contributed by atoms with Crippen molar-refractivity contribution < 1.29 is 13.2 Å². The number of aryl methyl sites for hydroxylation is 1. The van der Waals surface area contributed by atoms with Crippen LogP contribution in [-0.2, 0) is 6.18 Å². The van der Waals surface area contributed by atoms with Gasteiger partial charge < -0.3 is 10.3 Å². The second-order valence-electron chi connectivity index (χ2n) is 6.12. The Morgan fingerprint density at radius 2 is 1.95 bits per heavy atom. The molecule has 2 atom stereocenters. The number of halogens is 3. The van der Waals surface area contributed by atoms with Gasteiger partial charge in [-0.25, -0.2) is 9.97 Å². The van der Waals surface area contributed by atoms with Crippen LogP contribution < -0.4 is 5.32 Å². The zero-order chi connectivity index (χ0) is 15.9. The van der Waals surface area contributed by atoms with Crippen LogP contribution in [0, 0.1) is 12.8 Å². The van der Waals surface area contributed by atoms with Crippen molar-refractivity contribution in [3.05, 3.63) is 17.6 Å². The van der Waals surface area contributed by atoms with Gasteiger partial charge >= 0.3 is 6.18 Å². The molecule has 4 nitrogen and oxygen atoms in total. The van der Waals surface area contributed by atoms with Crippen LogP contribution in [-0.4, -0.2) is 21.0 Å². The molecule has 2 aromatic rings. The van der Waals surface area contributed by atoms with E-state index < -0.39 is 12.0 Å². The van der Waals surface area contributed by atoms with Crippen LogP contribution in [0.15, 0.2) is 6.07 Å². The van der Waals surface area contributed by atoms with E-state index in [-0.39, 0.29) is 17.5 Å². The standard InChI is InChI=1S/C15H19F3N4/c1-8-5-3-4-6-11(8)20-13-10-7-9(2)19-12(10)21-14(22-13)15(16,17)18/h7-8,11H,3-6H2,1-2H3,(H2,19,20,21,22). The molecule has 0 aliphatic heterocycles. The molecular weight excluding hydrogens is 293 g/mol. The Morgan fingerprint density at radius 1 is 1.23 bits per heavy atom. The van der Waals surface area contributed by atoms with Gasteiger partial charge in [0.25, 0.3) is 0 Å². The summed E-state index contributed by atoms with van der Waals surface area (Å²) in [6, 6.07) is 1.94. The number of rotatable bonds is 2. The smallest absolute Gasteiger partial charge is 0.366 e. The molecule has 0 bridgehead atoms. The first kappa shape index (κ1) is 15.1. The first-order valence-corrected chi connectivity index (χ1v) is 7.55. The molecule has 120 valence electrons. The van der Waals surface area contributed by atoms with Crippen LogP contribution in [0.3, 0.4) is 0 Å². The lowest BCUT2D eigenvalue weighted by Crippen LogP contribution is -2.31. The lowest BCUT2D eigenvalue weighted by molar-refractivity contribution is -0.144. The number of fused-ring (bicyclic) bond motifs is 1. The summed E-state index contributed by atoms with van der Waals surface area (Å²) in [5, 5.41) is 3.84. The summed E-state index contributed by atoms with van der Waals surface area (Å²) in [6.07, 6.45) is -0.243. The molecule has 22 heavy (non-hydrogen) atoms. The van der Waals surface area contributed by atoms with Crippen LogP contribution in [0.4, 0.5) is 19.0 Å². The normalized spacial score (nSPS) is 23.0. The van der Waals surface area contributed by atoms with Crippen LogP contribution >= 0.6 is 0 Å². The molecule has 0 aromatic carbocycles. The van der Waals surface area contributed by atoms with Gasteiger partial charge in [-0.3, -0.25) is 0 Å². The first-order valence-electron chi connectivity index (χ1n) is 7.55. The largest absolute Gasteiger partial charge is 0.451 e. The fraction of sp³-hybridized carbons (Fsp3) is 0.600. The van der Waals surface area contributed by atoms with Crippen molar-refractivity contribution in [1.82, 2.24) is 15.0 Å². The number of alkyl halides is 3. The maximum atomic E-state index is 13.0. The number of anilines is 1. The van der Waals surface area contributed by atoms with Crippen molar-refractivity contribution in [2.45, 2.75) is 51.7 Å². The number of hydrogen-bond acceptors (Lipinski definition) is 3. The minimum absolute atomic E-state index is 0.156. The predicted molar refractivity (Wildman–Crippen MR) is 78.7 cm³/mol. The lowest BCUT2D eigenvalue weighted by atomic mass is 9.86. The molecular formula is C15H19F3N4. The van der Waals surface area contributed by atoms with Crippen molar-refractivity contribution in [2.24, 2.45) is 5.92 Å². The molecule has 1 saturated carbocycles. The molecule has 0 spiro atoms. The van der Waals surface area contributed by atoms with E-state index in [1.54, 1.807) is 13.0 Å². The Bertz CT molecular complexity index is 677. The average Bonchev–Trinajstić information content (AvgIpc) is 2.81. The predicted octanol–water partition coefficient (Wildman–Crippen LogP) is 4.28. The molecule has 0 saturated heterocycles. The van der Waals surface area contributed by atoms with Gasteiger partial charge in [0, 0.05) is 11.7 Å². The summed E-state index contributed by atoms with van der Waals surface area (Å²) >= 11 is 0. The van der Waals surface area contributed by atoms with Gasteiger partial charge in [0.1, 0.15) is 11.5 Å². The second kappa shape index (κ2) is 5.44. The van der Waals surface area contributed by atoms with Gasteiger partial charge in [0.05, 0.1) is 5.39 Å². The number of aromatic nitrogens is 3. The van der Waals surface area contributed by atoms with E-state index in [0.29, 0.717) is 11.3 Å². The highest BCUT2D eigenvalue weighted by atomic mass is 19.4. The summed E-state index contributed by atoms with van der Waals surface area (Å²) in [5.74, 6) is -0.402. The van der Waals surface area contributed by atoms with Crippen molar-refractivity contribution in [3.63, 3.8) is 0 Å². The fourth-order valence-corrected chi connectivity index (χ4v) is 3.08. The number of nitrogens with one attached hydrogen (secondary N) is 2. The molecule has 2 N–H and O–H groups in total. The number of aromatic amines is 1. The number of hydrogen-bond donors (Lipinski definition) is 2. The van der Waals surface area contributed by atoms with E-state index >= 15 is 0 Å². The van der Waals surface area contributed by atoms with Crippen LogP contribution in [0.5, 0.6) is 0 Å². The molecule has 7 heteroatoms. The Kier molecular flexibility index (Phi) is 3.74. The summed E-state index contributed by atoms with van der Waals surface area (Å²) in [6.45, 7) is 3.92. The lowest BCUT2D eigenvalue weighted by Gasteiger charge is -2.30. The van der Waals surface area contributed by atoms with Crippen molar-refractivity contribution in [2.75, 3.05) is 5.32 Å². The highest BCUT2D eigenvalue weighted by molar-refractivity contribution is 5.88. The third-order valence-electron chi connectivity index (χ3n) is 4.31. The summed E-state index contributed by atoms with van der Waals surface area (Å²) in [5.41, 5.74) is 0.995. The highest BCUT2D eigenvalue weighted by Crippen LogP contribution is 2.33. The molecule has 0 radical (unpaired) electrons. The van der Waals surface area contributed by atoms with Crippen LogP contribution in [0.2, 0.25) is 0 Å². The quantitative estimate of drug-likeness (QED) is 0.870. The topological polar surface area (TPSA) is 53.6 Å². The summed E-state index contributed by atoms with van der Waals surface area (Å²) in [7, 11) is 0. The third-order valence-corrected chi connectivity index (χ3v) is 4.31. The minimum Gasteiger partial charge on any atom is -0.366 e. The Balaban J connectivity index is 2.02. The second-order valence-corrected chi connectivity index (χ2v) is 6.12. The molecule has 2 heterocycles. The van der Waals surface area contributed by atoms with Gasteiger partial charge in [-0.15, -0.1) is 0 Å². The minimum atomic E-state index is -4.55. The van der Waals surface area contributed by atoms with Crippen LogP contribution in [0.25, 0.3) is 11.0 Å². The third kappa shape index (κ3) is 2.89. The Hall–Kier alpha value is -1.79. The van der Waals surface area contributed by atoms with Gasteiger partial charge in [-0.1, -0.05) is 19.8 Å². The van der Waals surface area contributed by atoms with E-state index in [0.717, 1.165) is 25.0 Å². The van der Waals surface area contributed by atoms with E-state index in [2.05, 4.69) is 27.2 Å². The number of H-pyrrole nitrogens is 1. The maximum absolute atomic E-state index is 13.0. The maximum Gasteiger partial charge on any atom is 0.451 e. The molecule has 2 aromatic heterocycles. The summed E-state index contributed by atoms with van der Waals surface area (Å²) < 4.78 is 39.0. The Labute approximate surface area is 126 Å². The SMILES string of the molecule is Cc1cc2c(NC3CCCCC3C)nc(C(F)(F)F)nc2[nH]1. The van der Waals surface area contributed by atoms with E-state index in [1.165, 1.54) is 6.42 Å². The van der Waals surface area contributed by atoms with Gasteiger partial charge in [-0.2, -0.15) is 13.2 Å². The molecule has 2 unspecified atom stereocenters. The average molecular weight is 312 g/mol. The molecule has 3 rings (SSSR count). The van der Waals surface area contributed by atoms with Crippen LogP contribution in [0.1, 0.15) is 44.1 Å². The molecule has 1 aliphatic carbocycles. The molecule has 1 fully saturated rings. The summed E-state index contributed by atoms with van der Waals surface area (Å²) in [4.78, 5) is 10.2. The highest BCUT2D eigenvalue weighted by Gasteiger charge is 2.36. The molecule has 1 aliphatic rings. The van der Waals surface area contributed by atoms with Gasteiger partial charge in [0.15, 0.2) is 0 Å². The van der Waals surface area contributed by atoms with E-state index in [1.807, 2.05) is 0 Å².